The lowest BCUT2D eigenvalue weighted by atomic mass is 10.0. The Labute approximate surface area is 202 Å². The lowest BCUT2D eigenvalue weighted by molar-refractivity contribution is -0.137. The fourth-order valence-corrected chi connectivity index (χ4v) is 3.42. The van der Waals surface area contributed by atoms with Crippen LogP contribution in [-0.4, -0.2) is 39.9 Å². The third-order valence-corrected chi connectivity index (χ3v) is 5.23. The van der Waals surface area contributed by atoms with Crippen molar-refractivity contribution < 1.29 is 27.5 Å². The summed E-state index contributed by atoms with van der Waals surface area (Å²) in [5.41, 5.74) is 4.10. The Morgan fingerprint density at radius 2 is 1.89 bits per heavy atom. The van der Waals surface area contributed by atoms with Crippen molar-refractivity contribution >= 4 is 23.4 Å². The summed E-state index contributed by atoms with van der Waals surface area (Å²) in [5, 5.41) is 6.97. The average molecular weight is 512 g/mol. The van der Waals surface area contributed by atoms with Gasteiger partial charge in [-0.05, 0) is 42.0 Å². The zero-order chi connectivity index (χ0) is 25.8. The minimum atomic E-state index is -4.65. The Balaban J connectivity index is 1.88. The first kappa shape index (κ1) is 26.0. The van der Waals surface area contributed by atoms with E-state index >= 15 is 0 Å². The molecule has 2 amide bonds. The van der Waals surface area contributed by atoms with Crippen molar-refractivity contribution in [2.24, 2.45) is 5.73 Å². The van der Waals surface area contributed by atoms with Crippen molar-refractivity contribution in [3.05, 3.63) is 75.2 Å². The Kier molecular flexibility index (Phi) is 7.97. The van der Waals surface area contributed by atoms with Crippen LogP contribution in [0.2, 0.25) is 5.02 Å². The lowest BCUT2D eigenvalue weighted by Crippen LogP contribution is -2.41. The van der Waals surface area contributed by atoms with Gasteiger partial charge in [-0.2, -0.15) is 13.2 Å². The summed E-state index contributed by atoms with van der Waals surface area (Å²) in [6.07, 6.45) is -4.65. The molecular weight excluding hydrogens is 491 g/mol. The van der Waals surface area contributed by atoms with Gasteiger partial charge in [0.25, 0.3) is 0 Å². The Morgan fingerprint density at radius 1 is 1.20 bits per heavy atom. The van der Waals surface area contributed by atoms with E-state index in [1.54, 1.807) is 24.3 Å². The first-order chi connectivity index (χ1) is 16.5. The number of hydrogen-bond acceptors (Lipinski definition) is 5. The monoisotopic (exact) mass is 511 g/mol. The zero-order valence-corrected chi connectivity index (χ0v) is 19.1. The van der Waals surface area contributed by atoms with Gasteiger partial charge in [-0.1, -0.05) is 23.7 Å². The number of aromatic nitrogens is 3. The second kappa shape index (κ2) is 10.7. The number of primary amides is 1. The molecule has 1 unspecified atom stereocenters. The number of methoxy groups -OCH3 is 1. The summed E-state index contributed by atoms with van der Waals surface area (Å²) in [5.74, 6) is -1.68. The molecule has 0 saturated heterocycles. The maximum Gasteiger partial charge on any atom is 0.416 e. The zero-order valence-electron chi connectivity index (χ0n) is 18.4. The van der Waals surface area contributed by atoms with Crippen molar-refractivity contribution in [2.45, 2.75) is 25.3 Å². The van der Waals surface area contributed by atoms with E-state index in [1.807, 2.05) is 0 Å². The van der Waals surface area contributed by atoms with E-state index in [2.05, 4.69) is 10.4 Å². The summed E-state index contributed by atoms with van der Waals surface area (Å²) in [6, 6.07) is 8.85. The van der Waals surface area contributed by atoms with Gasteiger partial charge in [0.2, 0.25) is 11.8 Å². The minimum absolute atomic E-state index is 0.142. The molecule has 3 N–H and O–H groups in total. The van der Waals surface area contributed by atoms with Crippen molar-refractivity contribution in [1.29, 1.82) is 0 Å². The summed E-state index contributed by atoms with van der Waals surface area (Å²) >= 11 is 5.92. The van der Waals surface area contributed by atoms with Gasteiger partial charge in [-0.15, -0.1) is 5.10 Å². The second-order valence-corrected chi connectivity index (χ2v) is 7.88. The molecule has 1 atom stereocenters. The van der Waals surface area contributed by atoms with Crippen molar-refractivity contribution in [3.8, 4) is 11.4 Å². The highest BCUT2D eigenvalue weighted by Crippen LogP contribution is 2.30. The number of halogens is 4. The SMILES string of the molecule is COCCn1c(-c2ccc(Cl)cc2)nn(CC(=O)NC(C(N)=O)c2cccc(C(F)(F)F)c2)c1=O. The molecule has 0 aliphatic rings. The van der Waals surface area contributed by atoms with E-state index in [0.717, 1.165) is 22.9 Å². The molecule has 0 saturated carbocycles. The van der Waals surface area contributed by atoms with Crippen LogP contribution in [0.15, 0.2) is 53.3 Å². The van der Waals surface area contributed by atoms with E-state index in [9.17, 15) is 27.6 Å². The van der Waals surface area contributed by atoms with Crippen LogP contribution in [0.3, 0.4) is 0 Å². The molecule has 0 radical (unpaired) electrons. The van der Waals surface area contributed by atoms with Gasteiger partial charge >= 0.3 is 11.9 Å². The summed E-state index contributed by atoms with van der Waals surface area (Å²) in [4.78, 5) is 37.5. The van der Waals surface area contributed by atoms with Gasteiger partial charge in [0.1, 0.15) is 12.6 Å². The Bertz CT molecular complexity index is 1270. The van der Waals surface area contributed by atoms with E-state index in [1.165, 1.54) is 17.7 Å². The van der Waals surface area contributed by atoms with E-state index < -0.39 is 41.8 Å². The van der Waals surface area contributed by atoms with Crippen LogP contribution in [0.5, 0.6) is 0 Å². The smallest absolute Gasteiger partial charge is 0.383 e. The lowest BCUT2D eigenvalue weighted by Gasteiger charge is -2.17. The standard InChI is InChI=1S/C22H21ClF3N5O4/c1-35-10-9-30-20(13-5-7-16(23)8-6-13)29-31(21(30)34)12-17(32)28-18(19(27)33)14-3-2-4-15(11-14)22(24,25)26/h2-8,11,18H,9-10,12H2,1H3,(H2,27,33)(H,28,32). The van der Waals surface area contributed by atoms with Gasteiger partial charge in [-0.3, -0.25) is 14.2 Å². The fourth-order valence-electron chi connectivity index (χ4n) is 3.30. The molecule has 0 spiro atoms. The van der Waals surface area contributed by atoms with Gasteiger partial charge in [-0.25, -0.2) is 9.48 Å². The molecule has 0 bridgehead atoms. The normalized spacial score (nSPS) is 12.4. The number of nitrogens with zero attached hydrogens (tertiary/aromatic N) is 3. The number of rotatable bonds is 9. The van der Waals surface area contributed by atoms with Crippen LogP contribution >= 0.6 is 11.6 Å². The van der Waals surface area contributed by atoms with Crippen LogP contribution in [0.4, 0.5) is 13.2 Å². The molecule has 1 aromatic heterocycles. The molecule has 0 aliphatic carbocycles. The van der Waals surface area contributed by atoms with E-state index in [4.69, 9.17) is 22.1 Å². The number of benzene rings is 2. The highest BCUT2D eigenvalue weighted by Gasteiger charge is 2.32. The number of ether oxygens (including phenoxy) is 1. The predicted molar refractivity (Wildman–Crippen MR) is 120 cm³/mol. The molecule has 3 aromatic rings. The largest absolute Gasteiger partial charge is 0.416 e. The van der Waals surface area contributed by atoms with Gasteiger partial charge in [0, 0.05) is 17.7 Å². The maximum absolute atomic E-state index is 13.0. The summed E-state index contributed by atoms with van der Waals surface area (Å²) in [7, 11) is 1.46. The van der Waals surface area contributed by atoms with Gasteiger partial charge < -0.3 is 15.8 Å². The van der Waals surface area contributed by atoms with Crippen molar-refractivity contribution in [2.75, 3.05) is 13.7 Å². The topological polar surface area (TPSA) is 121 Å². The molecular formula is C22H21ClF3N5O4. The molecule has 35 heavy (non-hydrogen) atoms. The van der Waals surface area contributed by atoms with Crippen molar-refractivity contribution in [3.63, 3.8) is 0 Å². The van der Waals surface area contributed by atoms with E-state index in [-0.39, 0.29) is 24.5 Å². The first-order valence-electron chi connectivity index (χ1n) is 10.2. The Morgan fingerprint density at radius 3 is 2.49 bits per heavy atom. The second-order valence-electron chi connectivity index (χ2n) is 7.44. The molecule has 186 valence electrons. The molecule has 2 aromatic carbocycles. The third kappa shape index (κ3) is 6.28. The number of hydrogen-bond donors (Lipinski definition) is 2. The van der Waals surface area contributed by atoms with Crippen LogP contribution in [-0.2, 0) is 33.6 Å². The number of nitrogens with two attached hydrogens (primary N) is 1. The fraction of sp³-hybridized carbons (Fsp3) is 0.273. The summed E-state index contributed by atoms with van der Waals surface area (Å²) < 4.78 is 46.4. The molecule has 13 heteroatoms. The van der Waals surface area contributed by atoms with Gasteiger partial charge in [0.05, 0.1) is 18.7 Å². The van der Waals surface area contributed by atoms with Gasteiger partial charge in [0.15, 0.2) is 5.82 Å². The number of amides is 2. The number of nitrogens with one attached hydrogen (secondary N) is 1. The highest BCUT2D eigenvalue weighted by atomic mass is 35.5. The first-order valence-corrected chi connectivity index (χ1v) is 10.6. The number of alkyl halides is 3. The molecule has 0 fully saturated rings. The average Bonchev–Trinajstić information content (AvgIpc) is 3.10. The number of carbonyl (C=O) groups excluding carboxylic acids is 2. The highest BCUT2D eigenvalue weighted by molar-refractivity contribution is 6.30. The third-order valence-electron chi connectivity index (χ3n) is 4.97. The van der Waals surface area contributed by atoms with Crippen LogP contribution in [0.25, 0.3) is 11.4 Å². The van der Waals surface area contributed by atoms with Crippen LogP contribution in [0.1, 0.15) is 17.2 Å². The van der Waals surface area contributed by atoms with Crippen molar-refractivity contribution in [1.82, 2.24) is 19.7 Å². The number of carbonyl (C=O) groups is 2. The van der Waals surface area contributed by atoms with E-state index in [0.29, 0.717) is 10.6 Å². The minimum Gasteiger partial charge on any atom is -0.383 e. The Hall–Kier alpha value is -3.64. The predicted octanol–water partition coefficient (Wildman–Crippen LogP) is 2.37. The molecule has 9 nitrogen and oxygen atoms in total. The molecule has 0 aliphatic heterocycles. The summed E-state index contributed by atoms with van der Waals surface area (Å²) in [6.45, 7) is -0.275. The molecule has 3 rings (SSSR count). The van der Waals surface area contributed by atoms with Crippen LogP contribution in [0, 0.1) is 0 Å². The van der Waals surface area contributed by atoms with Crippen LogP contribution < -0.4 is 16.7 Å². The quantitative estimate of drug-likeness (QED) is 0.457. The maximum atomic E-state index is 13.0. The molecule has 1 heterocycles.